The van der Waals surface area contributed by atoms with Crippen molar-refractivity contribution in [3.63, 3.8) is 0 Å². The van der Waals surface area contributed by atoms with Crippen LogP contribution in [-0.4, -0.2) is 27.7 Å². The van der Waals surface area contributed by atoms with Crippen LogP contribution in [0.1, 0.15) is 12.0 Å². The molecular weight excluding hydrogens is 347 g/mol. The first-order valence-electron chi connectivity index (χ1n) is 7.47. The quantitative estimate of drug-likeness (QED) is 0.789. The fourth-order valence-electron chi connectivity index (χ4n) is 2.18. The van der Waals surface area contributed by atoms with Crippen LogP contribution in [0.4, 0.5) is 15.8 Å². The van der Waals surface area contributed by atoms with Crippen molar-refractivity contribution in [2.45, 2.75) is 12.8 Å². The average Bonchev–Trinajstić information content (AvgIpc) is 2.53. The van der Waals surface area contributed by atoms with E-state index in [1.165, 1.54) is 19.2 Å². The summed E-state index contributed by atoms with van der Waals surface area (Å²) >= 11 is 0. The second kappa shape index (κ2) is 7.98. The van der Waals surface area contributed by atoms with Gasteiger partial charge in [0, 0.05) is 17.8 Å². The smallest absolute Gasteiger partial charge is 0.229 e. The van der Waals surface area contributed by atoms with Crippen molar-refractivity contribution in [2.24, 2.45) is 0 Å². The van der Waals surface area contributed by atoms with Crippen LogP contribution in [0.5, 0.6) is 5.75 Å². The van der Waals surface area contributed by atoms with Gasteiger partial charge in [-0.3, -0.25) is 9.52 Å². The normalized spacial score (nSPS) is 11.0. The van der Waals surface area contributed by atoms with Crippen LogP contribution >= 0.6 is 0 Å². The summed E-state index contributed by atoms with van der Waals surface area (Å²) in [5.41, 5.74) is 1.65. The summed E-state index contributed by atoms with van der Waals surface area (Å²) in [4.78, 5) is 12.0. The molecule has 0 heterocycles. The molecule has 0 fully saturated rings. The maximum Gasteiger partial charge on any atom is 0.229 e. The Kier molecular flexibility index (Phi) is 5.97. The number of anilines is 2. The van der Waals surface area contributed by atoms with Crippen LogP contribution in [0.3, 0.4) is 0 Å². The lowest BCUT2D eigenvalue weighted by Gasteiger charge is -2.08. The minimum absolute atomic E-state index is 0.163. The van der Waals surface area contributed by atoms with Gasteiger partial charge in [-0.05, 0) is 48.4 Å². The number of sulfonamides is 1. The van der Waals surface area contributed by atoms with Gasteiger partial charge in [0.15, 0.2) is 11.6 Å². The zero-order chi connectivity index (χ0) is 18.4. The van der Waals surface area contributed by atoms with Gasteiger partial charge >= 0.3 is 0 Å². The molecule has 0 aliphatic rings. The zero-order valence-electron chi connectivity index (χ0n) is 13.9. The lowest BCUT2D eigenvalue weighted by molar-refractivity contribution is -0.116. The minimum Gasteiger partial charge on any atom is -0.494 e. The number of methoxy groups -OCH3 is 1. The van der Waals surface area contributed by atoms with E-state index in [-0.39, 0.29) is 18.1 Å². The highest BCUT2D eigenvalue weighted by Crippen LogP contribution is 2.19. The standard InChI is InChI=1S/C17H19FN2O4S/c1-24-16-9-3-12(11-15(16)18)4-10-17(21)19-13-5-7-14(8-6-13)20-25(2,22)23/h3,5-9,11,20H,4,10H2,1-2H3,(H,19,21). The lowest BCUT2D eigenvalue weighted by Crippen LogP contribution is -2.13. The number of carbonyl (C=O) groups excluding carboxylic acids is 1. The van der Waals surface area contributed by atoms with E-state index >= 15 is 0 Å². The molecule has 0 unspecified atom stereocenters. The van der Waals surface area contributed by atoms with Gasteiger partial charge in [0.05, 0.1) is 13.4 Å². The molecule has 6 nitrogen and oxygen atoms in total. The van der Waals surface area contributed by atoms with Crippen molar-refractivity contribution < 1.29 is 22.3 Å². The molecule has 0 radical (unpaired) electrons. The van der Waals surface area contributed by atoms with Crippen LogP contribution < -0.4 is 14.8 Å². The highest BCUT2D eigenvalue weighted by atomic mass is 32.2. The van der Waals surface area contributed by atoms with Crippen LogP contribution in [0.2, 0.25) is 0 Å². The van der Waals surface area contributed by atoms with Crippen molar-refractivity contribution in [2.75, 3.05) is 23.4 Å². The molecule has 0 aromatic heterocycles. The highest BCUT2D eigenvalue weighted by molar-refractivity contribution is 7.92. The Morgan fingerprint density at radius 2 is 1.76 bits per heavy atom. The fraction of sp³-hybridized carbons (Fsp3) is 0.235. The molecule has 0 saturated carbocycles. The van der Waals surface area contributed by atoms with Gasteiger partial charge in [0.2, 0.25) is 15.9 Å². The SMILES string of the molecule is COc1ccc(CCC(=O)Nc2ccc(NS(C)(=O)=O)cc2)cc1F. The first kappa shape index (κ1) is 18.7. The summed E-state index contributed by atoms with van der Waals surface area (Å²) in [6.45, 7) is 0. The monoisotopic (exact) mass is 366 g/mol. The molecule has 0 aliphatic heterocycles. The lowest BCUT2D eigenvalue weighted by atomic mass is 10.1. The Bertz CT molecular complexity index is 851. The number of aryl methyl sites for hydroxylation is 1. The molecule has 0 saturated heterocycles. The third-order valence-electron chi connectivity index (χ3n) is 3.33. The van der Waals surface area contributed by atoms with E-state index in [1.807, 2.05) is 0 Å². The number of rotatable bonds is 7. The molecule has 25 heavy (non-hydrogen) atoms. The molecule has 1 amide bonds. The van der Waals surface area contributed by atoms with Crippen molar-refractivity contribution in [1.29, 1.82) is 0 Å². The molecule has 8 heteroatoms. The number of hydrogen-bond donors (Lipinski definition) is 2. The van der Waals surface area contributed by atoms with Crippen LogP contribution in [0.25, 0.3) is 0 Å². The molecule has 0 atom stereocenters. The summed E-state index contributed by atoms with van der Waals surface area (Å²) in [6, 6.07) is 10.9. The molecule has 2 rings (SSSR count). The second-order valence-electron chi connectivity index (χ2n) is 5.47. The Hall–Kier alpha value is -2.61. The van der Waals surface area contributed by atoms with E-state index in [2.05, 4.69) is 10.0 Å². The van der Waals surface area contributed by atoms with Crippen molar-refractivity contribution in [3.05, 3.63) is 53.8 Å². The van der Waals surface area contributed by atoms with Gasteiger partial charge in [0.1, 0.15) is 0 Å². The topological polar surface area (TPSA) is 84.5 Å². The van der Waals surface area contributed by atoms with E-state index in [4.69, 9.17) is 4.74 Å². The third kappa shape index (κ3) is 6.07. The van der Waals surface area contributed by atoms with Crippen LogP contribution in [0, 0.1) is 5.82 Å². The number of nitrogens with one attached hydrogen (secondary N) is 2. The fourth-order valence-corrected chi connectivity index (χ4v) is 2.75. The summed E-state index contributed by atoms with van der Waals surface area (Å²) in [5, 5.41) is 2.70. The van der Waals surface area contributed by atoms with E-state index in [0.717, 1.165) is 6.26 Å². The van der Waals surface area contributed by atoms with Gasteiger partial charge in [-0.2, -0.15) is 0 Å². The van der Waals surface area contributed by atoms with Gasteiger partial charge in [-0.15, -0.1) is 0 Å². The largest absolute Gasteiger partial charge is 0.494 e. The number of amides is 1. The third-order valence-corrected chi connectivity index (χ3v) is 3.94. The highest BCUT2D eigenvalue weighted by Gasteiger charge is 2.07. The molecule has 0 bridgehead atoms. The van der Waals surface area contributed by atoms with Gasteiger partial charge in [-0.1, -0.05) is 6.07 Å². The summed E-state index contributed by atoms with van der Waals surface area (Å²) < 4.78 is 43.1. The molecule has 2 aromatic rings. The predicted molar refractivity (Wildman–Crippen MR) is 94.8 cm³/mol. The van der Waals surface area contributed by atoms with E-state index in [1.54, 1.807) is 30.3 Å². The van der Waals surface area contributed by atoms with Gasteiger partial charge < -0.3 is 10.1 Å². The summed E-state index contributed by atoms with van der Waals surface area (Å²) in [6.07, 6.45) is 1.64. The number of halogens is 1. The zero-order valence-corrected chi connectivity index (χ0v) is 14.7. The average molecular weight is 366 g/mol. The molecule has 0 aliphatic carbocycles. The molecule has 2 N–H and O–H groups in total. The van der Waals surface area contributed by atoms with E-state index < -0.39 is 15.8 Å². The van der Waals surface area contributed by atoms with Crippen molar-refractivity contribution in [1.82, 2.24) is 0 Å². The van der Waals surface area contributed by atoms with Gasteiger partial charge in [0.25, 0.3) is 0 Å². The Morgan fingerprint density at radius 3 is 2.32 bits per heavy atom. The minimum atomic E-state index is -3.34. The second-order valence-corrected chi connectivity index (χ2v) is 7.22. The van der Waals surface area contributed by atoms with Crippen LogP contribution in [-0.2, 0) is 21.2 Å². The van der Waals surface area contributed by atoms with Gasteiger partial charge in [-0.25, -0.2) is 12.8 Å². The number of carbonyl (C=O) groups is 1. The Morgan fingerprint density at radius 1 is 1.12 bits per heavy atom. The summed E-state index contributed by atoms with van der Waals surface area (Å²) in [5.74, 6) is -0.523. The molecular formula is C17H19FN2O4S. The first-order valence-corrected chi connectivity index (χ1v) is 9.36. The number of ether oxygens (including phenoxy) is 1. The first-order chi connectivity index (χ1) is 11.8. The Balaban J connectivity index is 1.88. The number of hydrogen-bond acceptors (Lipinski definition) is 4. The van der Waals surface area contributed by atoms with Crippen molar-refractivity contribution in [3.8, 4) is 5.75 Å². The molecule has 134 valence electrons. The summed E-state index contributed by atoms with van der Waals surface area (Å²) in [7, 11) is -1.95. The molecule has 0 spiro atoms. The van der Waals surface area contributed by atoms with E-state index in [0.29, 0.717) is 23.4 Å². The van der Waals surface area contributed by atoms with Crippen molar-refractivity contribution >= 4 is 27.3 Å². The predicted octanol–water partition coefficient (Wildman–Crippen LogP) is 2.78. The molecule has 2 aromatic carbocycles. The van der Waals surface area contributed by atoms with E-state index in [9.17, 15) is 17.6 Å². The Labute approximate surface area is 146 Å². The maximum absolute atomic E-state index is 13.6. The van der Waals surface area contributed by atoms with Crippen LogP contribution in [0.15, 0.2) is 42.5 Å². The number of benzene rings is 2. The maximum atomic E-state index is 13.6.